The first-order chi connectivity index (χ1) is 12.4. The number of amides is 2. The molecule has 0 saturated carbocycles. The minimum Gasteiger partial charge on any atom is -0.481 e. The number of hydrogen-bond donors (Lipinski definition) is 3. The van der Waals surface area contributed by atoms with Crippen LogP contribution in [0.15, 0.2) is 33.6 Å². The summed E-state index contributed by atoms with van der Waals surface area (Å²) in [4.78, 5) is 49.0. The zero-order valence-electron chi connectivity index (χ0n) is 13.3. The van der Waals surface area contributed by atoms with E-state index in [4.69, 9.17) is 9.84 Å². The van der Waals surface area contributed by atoms with Crippen molar-refractivity contribution in [1.82, 2.24) is 15.5 Å². The average molecular weight is 362 g/mol. The summed E-state index contributed by atoms with van der Waals surface area (Å²) in [7, 11) is 0. The van der Waals surface area contributed by atoms with Crippen molar-refractivity contribution in [3.63, 3.8) is 0 Å². The van der Waals surface area contributed by atoms with Gasteiger partial charge in [-0.15, -0.1) is 0 Å². The van der Waals surface area contributed by atoms with Gasteiger partial charge in [-0.05, 0) is 24.3 Å². The van der Waals surface area contributed by atoms with Gasteiger partial charge in [0.2, 0.25) is 0 Å². The molecule has 1 atom stereocenters. The maximum atomic E-state index is 12.0. The molecular formula is C15H14N4O7. The van der Waals surface area contributed by atoms with Gasteiger partial charge in [-0.1, -0.05) is 5.16 Å². The lowest BCUT2D eigenvalue weighted by Crippen LogP contribution is -2.38. The van der Waals surface area contributed by atoms with Crippen molar-refractivity contribution in [1.29, 1.82) is 0 Å². The standard InChI is InChI=1S/C15H14N4O7/c20-11(21)5-6-16-13(22)10-7-19(15(24)25-10)9-3-1-8(2-4-9)12-17-14(23)26-18-12/h1-4,10H,5-7H2,(H,16,22)(H,20,21)(H,17,18,23). The van der Waals surface area contributed by atoms with E-state index in [1.807, 2.05) is 0 Å². The molecule has 1 aromatic carbocycles. The number of benzene rings is 1. The van der Waals surface area contributed by atoms with Gasteiger partial charge < -0.3 is 15.2 Å². The lowest BCUT2D eigenvalue weighted by molar-refractivity contribution is -0.137. The van der Waals surface area contributed by atoms with E-state index in [0.717, 1.165) is 0 Å². The molecule has 11 heteroatoms. The van der Waals surface area contributed by atoms with Crippen LogP contribution in [0, 0.1) is 0 Å². The molecule has 0 aliphatic carbocycles. The number of cyclic esters (lactones) is 1. The highest BCUT2D eigenvalue weighted by atomic mass is 16.6. The molecule has 11 nitrogen and oxygen atoms in total. The number of carboxylic acids is 1. The molecule has 1 saturated heterocycles. The predicted octanol–water partition coefficient (Wildman–Crippen LogP) is -0.0540. The first-order valence-electron chi connectivity index (χ1n) is 7.58. The van der Waals surface area contributed by atoms with Crippen molar-refractivity contribution in [3.8, 4) is 11.4 Å². The van der Waals surface area contributed by atoms with Gasteiger partial charge in [0.1, 0.15) is 0 Å². The summed E-state index contributed by atoms with van der Waals surface area (Å²) < 4.78 is 9.45. The average Bonchev–Trinajstić information content (AvgIpc) is 3.21. The molecule has 3 rings (SSSR count). The number of aromatic amines is 1. The number of nitrogens with one attached hydrogen (secondary N) is 2. The van der Waals surface area contributed by atoms with Gasteiger partial charge in [-0.25, -0.2) is 9.59 Å². The summed E-state index contributed by atoms with van der Waals surface area (Å²) in [6.07, 6.45) is -1.93. The van der Waals surface area contributed by atoms with Crippen molar-refractivity contribution in [2.75, 3.05) is 18.0 Å². The Morgan fingerprint density at radius 3 is 2.65 bits per heavy atom. The smallest absolute Gasteiger partial charge is 0.439 e. The number of carbonyl (C=O) groups is 3. The van der Waals surface area contributed by atoms with Crippen LogP contribution in [0.1, 0.15) is 6.42 Å². The van der Waals surface area contributed by atoms with E-state index in [2.05, 4.69) is 20.0 Å². The monoisotopic (exact) mass is 362 g/mol. The largest absolute Gasteiger partial charge is 0.481 e. The quantitative estimate of drug-likeness (QED) is 0.646. The van der Waals surface area contributed by atoms with Crippen LogP contribution in [-0.2, 0) is 14.3 Å². The Morgan fingerprint density at radius 2 is 2.04 bits per heavy atom. The lowest BCUT2D eigenvalue weighted by atomic mass is 10.2. The maximum absolute atomic E-state index is 12.0. The fourth-order valence-electron chi connectivity index (χ4n) is 2.37. The van der Waals surface area contributed by atoms with Crippen LogP contribution in [0.5, 0.6) is 0 Å². The summed E-state index contributed by atoms with van der Waals surface area (Å²) in [5, 5.41) is 14.5. The molecule has 2 heterocycles. The highest BCUT2D eigenvalue weighted by Crippen LogP contribution is 2.24. The van der Waals surface area contributed by atoms with Crippen LogP contribution in [0.25, 0.3) is 11.4 Å². The van der Waals surface area contributed by atoms with Gasteiger partial charge in [0.05, 0.1) is 13.0 Å². The van der Waals surface area contributed by atoms with E-state index in [1.54, 1.807) is 24.3 Å². The van der Waals surface area contributed by atoms with Crippen LogP contribution >= 0.6 is 0 Å². The minimum absolute atomic E-state index is 0.00210. The van der Waals surface area contributed by atoms with Crippen LogP contribution in [0.4, 0.5) is 10.5 Å². The molecule has 2 aromatic rings. The molecule has 0 spiro atoms. The Labute approximate surface area is 145 Å². The summed E-state index contributed by atoms with van der Waals surface area (Å²) in [5.74, 6) is -2.02. The number of hydrogen-bond acceptors (Lipinski definition) is 7. The Morgan fingerprint density at radius 1 is 1.31 bits per heavy atom. The molecule has 2 amide bonds. The normalized spacial score (nSPS) is 16.4. The van der Waals surface area contributed by atoms with Gasteiger partial charge in [0.15, 0.2) is 11.9 Å². The second-order valence-electron chi connectivity index (χ2n) is 5.41. The van der Waals surface area contributed by atoms with Crippen molar-refractivity contribution in [2.45, 2.75) is 12.5 Å². The molecule has 0 bridgehead atoms. The van der Waals surface area contributed by atoms with Gasteiger partial charge in [0.25, 0.3) is 5.91 Å². The predicted molar refractivity (Wildman–Crippen MR) is 85.4 cm³/mol. The van der Waals surface area contributed by atoms with E-state index in [1.165, 1.54) is 4.90 Å². The number of aliphatic carboxylic acids is 1. The van der Waals surface area contributed by atoms with E-state index in [0.29, 0.717) is 11.3 Å². The Kier molecular flexibility index (Phi) is 4.69. The van der Waals surface area contributed by atoms with Gasteiger partial charge in [-0.2, -0.15) is 0 Å². The van der Waals surface area contributed by atoms with Crippen LogP contribution in [-0.4, -0.2) is 52.4 Å². The second kappa shape index (κ2) is 7.09. The molecule has 1 aliphatic rings. The number of rotatable bonds is 6. The van der Waals surface area contributed by atoms with E-state index in [-0.39, 0.29) is 25.3 Å². The number of aromatic nitrogens is 2. The lowest BCUT2D eigenvalue weighted by Gasteiger charge is -2.13. The topological polar surface area (TPSA) is 155 Å². The summed E-state index contributed by atoms with van der Waals surface area (Å²) in [5.41, 5.74) is 1.07. The fourth-order valence-corrected chi connectivity index (χ4v) is 2.37. The molecule has 1 unspecified atom stereocenters. The number of nitrogens with zero attached hydrogens (tertiary/aromatic N) is 2. The van der Waals surface area contributed by atoms with E-state index >= 15 is 0 Å². The Bertz CT molecular complexity index is 886. The highest BCUT2D eigenvalue weighted by molar-refractivity contribution is 5.95. The molecule has 1 aromatic heterocycles. The van der Waals surface area contributed by atoms with Gasteiger partial charge in [0, 0.05) is 17.8 Å². The van der Waals surface area contributed by atoms with Gasteiger partial charge >= 0.3 is 17.8 Å². The van der Waals surface area contributed by atoms with Crippen molar-refractivity contribution in [3.05, 3.63) is 34.8 Å². The van der Waals surface area contributed by atoms with Crippen LogP contribution in [0.2, 0.25) is 0 Å². The third kappa shape index (κ3) is 3.71. The minimum atomic E-state index is -1.04. The second-order valence-corrected chi connectivity index (χ2v) is 5.41. The molecule has 1 aliphatic heterocycles. The fraction of sp³-hybridized carbons (Fsp3) is 0.267. The van der Waals surface area contributed by atoms with Crippen molar-refractivity contribution >= 4 is 23.7 Å². The van der Waals surface area contributed by atoms with E-state index < -0.39 is 29.8 Å². The molecule has 3 N–H and O–H groups in total. The number of carboxylic acid groups (broad SMARTS) is 1. The molecule has 0 radical (unpaired) electrons. The summed E-state index contributed by atoms with van der Waals surface area (Å²) >= 11 is 0. The van der Waals surface area contributed by atoms with Crippen LogP contribution in [0.3, 0.4) is 0 Å². The maximum Gasteiger partial charge on any atom is 0.439 e. The summed E-state index contributed by atoms with van der Waals surface area (Å²) in [6.45, 7) is -0.0509. The zero-order chi connectivity index (χ0) is 18.7. The molecule has 1 fully saturated rings. The van der Waals surface area contributed by atoms with Crippen LogP contribution < -0.4 is 16.0 Å². The Balaban J connectivity index is 1.64. The third-order valence-electron chi connectivity index (χ3n) is 3.64. The number of anilines is 1. The number of H-pyrrole nitrogens is 1. The number of ether oxygens (including phenoxy) is 1. The molecular weight excluding hydrogens is 348 g/mol. The zero-order valence-corrected chi connectivity index (χ0v) is 13.3. The van der Waals surface area contributed by atoms with Gasteiger partial charge in [-0.3, -0.25) is 24.0 Å². The third-order valence-corrected chi connectivity index (χ3v) is 3.64. The number of carbonyl (C=O) groups excluding carboxylic acids is 2. The SMILES string of the molecule is O=C(O)CCNC(=O)C1CN(c2ccc(-c3noc(=O)[nH]3)cc2)C(=O)O1. The Hall–Kier alpha value is -3.63. The highest BCUT2D eigenvalue weighted by Gasteiger charge is 2.36. The molecule has 26 heavy (non-hydrogen) atoms. The first kappa shape index (κ1) is 17.2. The molecule has 136 valence electrons. The van der Waals surface area contributed by atoms with Crippen molar-refractivity contribution < 1.29 is 28.8 Å². The van der Waals surface area contributed by atoms with E-state index in [9.17, 15) is 19.2 Å². The van der Waals surface area contributed by atoms with Crippen molar-refractivity contribution in [2.24, 2.45) is 0 Å². The first-order valence-corrected chi connectivity index (χ1v) is 7.58. The summed E-state index contributed by atoms with van der Waals surface area (Å²) in [6, 6.07) is 6.45.